The third kappa shape index (κ3) is 6.03. The molecule has 0 unspecified atom stereocenters. The first-order chi connectivity index (χ1) is 13.9. The molecule has 8 heteroatoms. The SMILES string of the molecule is Cc1ccc(C(=O)NCCNC(=O)c2cccc(NC(=O)NC3CC3)c2)cc1F. The van der Waals surface area contributed by atoms with Crippen molar-refractivity contribution >= 4 is 23.5 Å². The Morgan fingerprint density at radius 1 is 0.966 bits per heavy atom. The Morgan fingerprint density at radius 2 is 1.62 bits per heavy atom. The number of amides is 4. The van der Waals surface area contributed by atoms with E-state index in [0.717, 1.165) is 12.8 Å². The van der Waals surface area contributed by atoms with Crippen LogP contribution in [-0.2, 0) is 0 Å². The van der Waals surface area contributed by atoms with Crippen LogP contribution in [0.2, 0.25) is 0 Å². The maximum Gasteiger partial charge on any atom is 0.319 e. The Morgan fingerprint density at radius 3 is 2.24 bits per heavy atom. The minimum atomic E-state index is -0.440. The van der Waals surface area contributed by atoms with Crippen molar-refractivity contribution in [1.29, 1.82) is 0 Å². The summed E-state index contributed by atoms with van der Waals surface area (Å²) < 4.78 is 13.5. The van der Waals surface area contributed by atoms with Gasteiger partial charge in [0, 0.05) is 35.9 Å². The van der Waals surface area contributed by atoms with Gasteiger partial charge < -0.3 is 21.3 Å². The van der Waals surface area contributed by atoms with Gasteiger partial charge in [0.05, 0.1) is 0 Å². The predicted octanol–water partition coefficient (Wildman–Crippen LogP) is 2.58. The molecule has 7 nitrogen and oxygen atoms in total. The van der Waals surface area contributed by atoms with E-state index in [1.165, 1.54) is 12.1 Å². The van der Waals surface area contributed by atoms with Crippen molar-refractivity contribution < 1.29 is 18.8 Å². The van der Waals surface area contributed by atoms with Crippen LogP contribution in [-0.4, -0.2) is 37.0 Å². The van der Waals surface area contributed by atoms with Crippen molar-refractivity contribution in [2.45, 2.75) is 25.8 Å². The van der Waals surface area contributed by atoms with Crippen molar-refractivity contribution in [2.75, 3.05) is 18.4 Å². The fourth-order valence-electron chi connectivity index (χ4n) is 2.61. The Hall–Kier alpha value is -3.42. The molecule has 152 valence electrons. The molecule has 0 aliphatic heterocycles. The zero-order chi connectivity index (χ0) is 20.8. The standard InChI is InChI=1S/C21H23FN4O3/c1-13-5-6-15(12-18(13)22)20(28)24-10-9-23-19(27)14-3-2-4-17(11-14)26-21(29)25-16-7-8-16/h2-6,11-12,16H,7-10H2,1H3,(H,23,27)(H,24,28)(H2,25,26,29). The van der Waals surface area contributed by atoms with E-state index in [0.29, 0.717) is 16.8 Å². The third-order valence-corrected chi connectivity index (χ3v) is 4.43. The van der Waals surface area contributed by atoms with E-state index < -0.39 is 11.7 Å². The summed E-state index contributed by atoms with van der Waals surface area (Å²) in [5.74, 6) is -1.18. The molecule has 4 N–H and O–H groups in total. The highest BCUT2D eigenvalue weighted by Crippen LogP contribution is 2.19. The Labute approximate surface area is 168 Å². The first kappa shape index (κ1) is 20.3. The maximum atomic E-state index is 13.5. The number of benzene rings is 2. The summed E-state index contributed by atoms with van der Waals surface area (Å²) in [6.45, 7) is 2.02. The van der Waals surface area contributed by atoms with Gasteiger partial charge in [0.1, 0.15) is 5.82 Å². The molecule has 0 saturated heterocycles. The molecule has 0 bridgehead atoms. The Kier molecular flexibility index (Phi) is 6.43. The van der Waals surface area contributed by atoms with Gasteiger partial charge in [0.2, 0.25) is 0 Å². The molecule has 0 aromatic heterocycles. The summed E-state index contributed by atoms with van der Waals surface area (Å²) in [5.41, 5.74) is 1.60. The lowest BCUT2D eigenvalue weighted by atomic mass is 10.1. The molecule has 3 rings (SSSR count). The topological polar surface area (TPSA) is 99.3 Å². The van der Waals surface area contributed by atoms with E-state index in [1.807, 2.05) is 0 Å². The van der Waals surface area contributed by atoms with Crippen LogP contribution in [0, 0.1) is 12.7 Å². The lowest BCUT2D eigenvalue weighted by Gasteiger charge is -2.10. The second-order valence-electron chi connectivity index (χ2n) is 6.93. The fourth-order valence-corrected chi connectivity index (χ4v) is 2.61. The molecule has 1 saturated carbocycles. The summed E-state index contributed by atoms with van der Waals surface area (Å²) in [4.78, 5) is 36.1. The molecule has 2 aromatic carbocycles. The Bertz CT molecular complexity index is 928. The molecule has 0 radical (unpaired) electrons. The molecule has 0 spiro atoms. The van der Waals surface area contributed by atoms with E-state index >= 15 is 0 Å². The normalized spacial score (nSPS) is 12.8. The van der Waals surface area contributed by atoms with Crippen molar-refractivity contribution in [3.8, 4) is 0 Å². The van der Waals surface area contributed by atoms with Gasteiger partial charge in [-0.2, -0.15) is 0 Å². The number of anilines is 1. The summed E-state index contributed by atoms with van der Waals surface area (Å²) in [6.07, 6.45) is 1.98. The van der Waals surface area contributed by atoms with Gasteiger partial charge in [-0.05, 0) is 55.7 Å². The number of carbonyl (C=O) groups is 3. The highest BCUT2D eigenvalue weighted by Gasteiger charge is 2.23. The second kappa shape index (κ2) is 9.18. The van der Waals surface area contributed by atoms with Gasteiger partial charge in [-0.15, -0.1) is 0 Å². The Balaban J connectivity index is 1.44. The first-order valence-corrected chi connectivity index (χ1v) is 9.42. The van der Waals surface area contributed by atoms with Crippen LogP contribution < -0.4 is 21.3 Å². The summed E-state index contributed by atoms with van der Waals surface area (Å²) in [5, 5.41) is 10.8. The number of carbonyl (C=O) groups excluding carboxylic acids is 3. The molecule has 1 aliphatic carbocycles. The molecule has 4 amide bonds. The molecule has 29 heavy (non-hydrogen) atoms. The number of urea groups is 1. The molecule has 2 aromatic rings. The molecule has 0 atom stereocenters. The third-order valence-electron chi connectivity index (χ3n) is 4.43. The lowest BCUT2D eigenvalue weighted by Crippen LogP contribution is -2.34. The van der Waals surface area contributed by atoms with Crippen LogP contribution in [0.3, 0.4) is 0 Å². The van der Waals surface area contributed by atoms with E-state index in [9.17, 15) is 18.8 Å². The molecule has 1 aliphatic rings. The second-order valence-corrected chi connectivity index (χ2v) is 6.93. The van der Waals surface area contributed by atoms with Crippen LogP contribution in [0.1, 0.15) is 39.1 Å². The minimum absolute atomic E-state index is 0.196. The van der Waals surface area contributed by atoms with Crippen molar-refractivity contribution in [3.05, 3.63) is 65.0 Å². The van der Waals surface area contributed by atoms with Gasteiger partial charge in [0.15, 0.2) is 0 Å². The molecular formula is C21H23FN4O3. The predicted molar refractivity (Wildman–Crippen MR) is 107 cm³/mol. The molecule has 1 fully saturated rings. The zero-order valence-electron chi connectivity index (χ0n) is 16.0. The average molecular weight is 398 g/mol. The molecule has 0 heterocycles. The van der Waals surface area contributed by atoms with E-state index in [-0.39, 0.29) is 36.6 Å². The van der Waals surface area contributed by atoms with Gasteiger partial charge in [-0.1, -0.05) is 12.1 Å². The highest BCUT2D eigenvalue weighted by molar-refractivity contribution is 5.97. The summed E-state index contributed by atoms with van der Waals surface area (Å²) >= 11 is 0. The van der Waals surface area contributed by atoms with Gasteiger partial charge >= 0.3 is 6.03 Å². The fraction of sp³-hybridized carbons (Fsp3) is 0.286. The first-order valence-electron chi connectivity index (χ1n) is 9.42. The van der Waals surface area contributed by atoms with Gasteiger partial charge in [0.25, 0.3) is 11.8 Å². The van der Waals surface area contributed by atoms with Crippen LogP contribution in [0.15, 0.2) is 42.5 Å². The van der Waals surface area contributed by atoms with E-state index in [1.54, 1.807) is 37.3 Å². The largest absolute Gasteiger partial charge is 0.350 e. The van der Waals surface area contributed by atoms with Crippen molar-refractivity contribution in [1.82, 2.24) is 16.0 Å². The zero-order valence-corrected chi connectivity index (χ0v) is 16.0. The minimum Gasteiger partial charge on any atom is -0.350 e. The summed E-state index contributed by atoms with van der Waals surface area (Å²) in [7, 11) is 0. The van der Waals surface area contributed by atoms with Crippen LogP contribution >= 0.6 is 0 Å². The average Bonchev–Trinajstić information content (AvgIpc) is 3.51. The van der Waals surface area contributed by atoms with Gasteiger partial charge in [-0.25, -0.2) is 9.18 Å². The summed E-state index contributed by atoms with van der Waals surface area (Å²) in [6, 6.07) is 10.8. The lowest BCUT2D eigenvalue weighted by molar-refractivity contribution is 0.0927. The quantitative estimate of drug-likeness (QED) is 0.540. The van der Waals surface area contributed by atoms with Crippen LogP contribution in [0.25, 0.3) is 0 Å². The molecular weight excluding hydrogens is 375 g/mol. The smallest absolute Gasteiger partial charge is 0.319 e. The number of hydrogen-bond donors (Lipinski definition) is 4. The maximum absolute atomic E-state index is 13.5. The van der Waals surface area contributed by atoms with Crippen molar-refractivity contribution in [3.63, 3.8) is 0 Å². The number of nitrogens with one attached hydrogen (secondary N) is 4. The van der Waals surface area contributed by atoms with Crippen LogP contribution in [0.4, 0.5) is 14.9 Å². The van der Waals surface area contributed by atoms with Crippen LogP contribution in [0.5, 0.6) is 0 Å². The van der Waals surface area contributed by atoms with E-state index in [2.05, 4.69) is 21.3 Å². The van der Waals surface area contributed by atoms with Gasteiger partial charge in [-0.3, -0.25) is 9.59 Å². The number of hydrogen-bond acceptors (Lipinski definition) is 3. The van der Waals surface area contributed by atoms with Crippen molar-refractivity contribution in [2.24, 2.45) is 0 Å². The van der Waals surface area contributed by atoms with E-state index in [4.69, 9.17) is 0 Å². The number of aryl methyl sites for hydroxylation is 1. The number of halogens is 1. The number of rotatable bonds is 7. The monoisotopic (exact) mass is 398 g/mol. The highest BCUT2D eigenvalue weighted by atomic mass is 19.1.